The SMILES string of the molecule is CC(C)COC(C)(C)C1CCC2CCCCC2C1. The minimum Gasteiger partial charge on any atom is -0.375 e. The van der Waals surface area contributed by atoms with Crippen LogP contribution in [-0.4, -0.2) is 12.2 Å². The standard InChI is InChI=1S/C17H32O/c1-13(2)12-18-17(3,4)16-10-9-14-7-5-6-8-15(14)11-16/h13-16H,5-12H2,1-4H3. The zero-order valence-corrected chi connectivity index (χ0v) is 12.9. The number of hydrogen-bond donors (Lipinski definition) is 0. The summed E-state index contributed by atoms with van der Waals surface area (Å²) in [5.74, 6) is 3.50. The second-order valence-electron chi connectivity index (χ2n) is 7.62. The molecule has 2 aliphatic carbocycles. The first-order chi connectivity index (χ1) is 8.49. The second kappa shape index (κ2) is 5.94. The molecule has 106 valence electrons. The van der Waals surface area contributed by atoms with Crippen LogP contribution in [-0.2, 0) is 4.74 Å². The van der Waals surface area contributed by atoms with Crippen LogP contribution in [0.3, 0.4) is 0 Å². The van der Waals surface area contributed by atoms with Gasteiger partial charge < -0.3 is 4.74 Å². The minimum absolute atomic E-state index is 0.0900. The summed E-state index contributed by atoms with van der Waals surface area (Å²) >= 11 is 0. The minimum atomic E-state index is 0.0900. The molecule has 2 aliphatic rings. The van der Waals surface area contributed by atoms with Crippen LogP contribution >= 0.6 is 0 Å². The molecule has 0 aromatic heterocycles. The molecule has 0 bridgehead atoms. The summed E-state index contributed by atoms with van der Waals surface area (Å²) in [4.78, 5) is 0. The number of hydrogen-bond acceptors (Lipinski definition) is 1. The lowest BCUT2D eigenvalue weighted by Crippen LogP contribution is -2.41. The molecule has 0 aliphatic heterocycles. The summed E-state index contributed by atoms with van der Waals surface area (Å²) in [7, 11) is 0. The lowest BCUT2D eigenvalue weighted by atomic mass is 9.64. The van der Waals surface area contributed by atoms with Gasteiger partial charge in [0.15, 0.2) is 0 Å². The van der Waals surface area contributed by atoms with Crippen molar-refractivity contribution in [2.75, 3.05) is 6.61 Å². The van der Waals surface area contributed by atoms with Crippen molar-refractivity contribution in [3.05, 3.63) is 0 Å². The van der Waals surface area contributed by atoms with E-state index < -0.39 is 0 Å². The van der Waals surface area contributed by atoms with Crippen LogP contribution in [0.4, 0.5) is 0 Å². The molecule has 0 aromatic rings. The molecule has 2 saturated carbocycles. The second-order valence-corrected chi connectivity index (χ2v) is 7.62. The van der Waals surface area contributed by atoms with Crippen LogP contribution in [0.2, 0.25) is 0 Å². The summed E-state index contributed by atoms with van der Waals surface area (Å²) in [6.45, 7) is 10.0. The first-order valence-electron chi connectivity index (χ1n) is 8.13. The first kappa shape index (κ1) is 14.4. The van der Waals surface area contributed by atoms with E-state index in [-0.39, 0.29) is 5.60 Å². The molecule has 0 heterocycles. The van der Waals surface area contributed by atoms with E-state index in [0.29, 0.717) is 5.92 Å². The van der Waals surface area contributed by atoms with Crippen molar-refractivity contribution in [3.63, 3.8) is 0 Å². The van der Waals surface area contributed by atoms with Gasteiger partial charge in [0.1, 0.15) is 0 Å². The van der Waals surface area contributed by atoms with E-state index in [0.717, 1.165) is 24.4 Å². The maximum Gasteiger partial charge on any atom is 0.0654 e. The van der Waals surface area contributed by atoms with Crippen LogP contribution in [0.1, 0.15) is 72.6 Å². The quantitative estimate of drug-likeness (QED) is 0.680. The molecule has 2 fully saturated rings. The van der Waals surface area contributed by atoms with Crippen molar-refractivity contribution in [1.82, 2.24) is 0 Å². The first-order valence-corrected chi connectivity index (χ1v) is 8.13. The van der Waals surface area contributed by atoms with Crippen LogP contribution in [0.25, 0.3) is 0 Å². The third-order valence-electron chi connectivity index (χ3n) is 5.31. The highest BCUT2D eigenvalue weighted by atomic mass is 16.5. The Morgan fingerprint density at radius 3 is 2.33 bits per heavy atom. The highest BCUT2D eigenvalue weighted by Gasteiger charge is 2.39. The summed E-state index contributed by atoms with van der Waals surface area (Å²) < 4.78 is 6.21. The van der Waals surface area contributed by atoms with Gasteiger partial charge in [0.05, 0.1) is 5.60 Å². The largest absolute Gasteiger partial charge is 0.375 e. The Labute approximate surface area is 114 Å². The van der Waals surface area contributed by atoms with Gasteiger partial charge in [-0.1, -0.05) is 39.5 Å². The van der Waals surface area contributed by atoms with Gasteiger partial charge in [-0.2, -0.15) is 0 Å². The summed E-state index contributed by atoms with van der Waals surface area (Å²) in [6, 6.07) is 0. The summed E-state index contributed by atoms with van der Waals surface area (Å²) in [5, 5.41) is 0. The van der Waals surface area contributed by atoms with Gasteiger partial charge in [-0.15, -0.1) is 0 Å². The third kappa shape index (κ3) is 3.50. The van der Waals surface area contributed by atoms with Crippen LogP contribution < -0.4 is 0 Å². The smallest absolute Gasteiger partial charge is 0.0654 e. The molecule has 0 N–H and O–H groups in total. The molecule has 0 amide bonds. The maximum absolute atomic E-state index is 6.21. The Balaban J connectivity index is 1.88. The Morgan fingerprint density at radius 1 is 1.00 bits per heavy atom. The molecule has 1 nitrogen and oxygen atoms in total. The summed E-state index contributed by atoms with van der Waals surface area (Å²) in [6.07, 6.45) is 10.2. The predicted molar refractivity (Wildman–Crippen MR) is 77.7 cm³/mol. The van der Waals surface area contributed by atoms with Crippen molar-refractivity contribution in [2.45, 2.75) is 78.2 Å². The molecular weight excluding hydrogens is 220 g/mol. The molecule has 2 rings (SSSR count). The van der Waals surface area contributed by atoms with Crippen molar-refractivity contribution >= 4 is 0 Å². The molecule has 0 radical (unpaired) electrons. The Hall–Kier alpha value is -0.0400. The molecule has 1 heteroatoms. The lowest BCUT2D eigenvalue weighted by molar-refractivity contribution is -0.0925. The van der Waals surface area contributed by atoms with Crippen molar-refractivity contribution in [1.29, 1.82) is 0 Å². The van der Waals surface area contributed by atoms with Gasteiger partial charge >= 0.3 is 0 Å². The van der Waals surface area contributed by atoms with Crippen molar-refractivity contribution in [3.8, 4) is 0 Å². The van der Waals surface area contributed by atoms with Gasteiger partial charge in [0, 0.05) is 6.61 Å². The van der Waals surface area contributed by atoms with E-state index in [1.54, 1.807) is 0 Å². The van der Waals surface area contributed by atoms with Crippen molar-refractivity contribution in [2.24, 2.45) is 23.7 Å². The molecule has 3 atom stereocenters. The topological polar surface area (TPSA) is 9.23 Å². The van der Waals surface area contributed by atoms with Gasteiger partial charge in [-0.25, -0.2) is 0 Å². The van der Waals surface area contributed by atoms with Gasteiger partial charge in [-0.3, -0.25) is 0 Å². The zero-order valence-electron chi connectivity index (χ0n) is 12.9. The average molecular weight is 252 g/mol. The van der Waals surface area contributed by atoms with E-state index in [9.17, 15) is 0 Å². The average Bonchev–Trinajstić information content (AvgIpc) is 2.36. The molecule has 3 unspecified atom stereocenters. The lowest BCUT2D eigenvalue weighted by Gasteiger charge is -2.45. The number of rotatable bonds is 4. The zero-order chi connectivity index (χ0) is 13.2. The normalized spacial score (nSPS) is 33.5. The van der Waals surface area contributed by atoms with Gasteiger partial charge in [-0.05, 0) is 56.8 Å². The van der Waals surface area contributed by atoms with E-state index in [2.05, 4.69) is 27.7 Å². The number of ether oxygens (including phenoxy) is 1. The molecule has 18 heavy (non-hydrogen) atoms. The summed E-state index contributed by atoms with van der Waals surface area (Å²) in [5.41, 5.74) is 0.0900. The monoisotopic (exact) mass is 252 g/mol. The molecule has 0 spiro atoms. The Morgan fingerprint density at radius 2 is 1.67 bits per heavy atom. The van der Waals surface area contributed by atoms with Crippen LogP contribution in [0.5, 0.6) is 0 Å². The fraction of sp³-hybridized carbons (Fsp3) is 1.00. The molecular formula is C17H32O. The van der Waals surface area contributed by atoms with E-state index >= 15 is 0 Å². The van der Waals surface area contributed by atoms with Crippen LogP contribution in [0, 0.1) is 23.7 Å². The predicted octanol–water partition coefficient (Wildman–Crippen LogP) is 5.04. The van der Waals surface area contributed by atoms with Gasteiger partial charge in [0.2, 0.25) is 0 Å². The van der Waals surface area contributed by atoms with E-state index in [4.69, 9.17) is 4.74 Å². The fourth-order valence-corrected chi connectivity index (χ4v) is 4.00. The van der Waals surface area contributed by atoms with Crippen LogP contribution in [0.15, 0.2) is 0 Å². The van der Waals surface area contributed by atoms with E-state index in [1.165, 1.54) is 44.9 Å². The third-order valence-corrected chi connectivity index (χ3v) is 5.31. The fourth-order valence-electron chi connectivity index (χ4n) is 4.00. The molecule has 0 saturated heterocycles. The van der Waals surface area contributed by atoms with Crippen molar-refractivity contribution < 1.29 is 4.74 Å². The highest BCUT2D eigenvalue weighted by molar-refractivity contribution is 4.90. The Bertz CT molecular complexity index is 256. The van der Waals surface area contributed by atoms with Gasteiger partial charge in [0.25, 0.3) is 0 Å². The Kier molecular flexibility index (Phi) is 4.75. The number of fused-ring (bicyclic) bond motifs is 1. The molecule has 0 aromatic carbocycles. The highest BCUT2D eigenvalue weighted by Crippen LogP contribution is 2.46. The van der Waals surface area contributed by atoms with E-state index in [1.807, 2.05) is 0 Å². The maximum atomic E-state index is 6.21.